The van der Waals surface area contributed by atoms with Crippen LogP contribution in [0.25, 0.3) is 0 Å². The van der Waals surface area contributed by atoms with Gasteiger partial charge in [-0.15, -0.1) is 0 Å². The van der Waals surface area contributed by atoms with Crippen molar-refractivity contribution in [3.63, 3.8) is 0 Å². The fourth-order valence-electron chi connectivity index (χ4n) is 2.62. The second-order valence-electron chi connectivity index (χ2n) is 5.40. The van der Waals surface area contributed by atoms with Crippen molar-refractivity contribution >= 4 is 22.0 Å². The molecule has 0 saturated heterocycles. The van der Waals surface area contributed by atoms with E-state index in [0.29, 0.717) is 6.10 Å². The first-order valence-corrected chi connectivity index (χ1v) is 7.58. The summed E-state index contributed by atoms with van der Waals surface area (Å²) in [5.41, 5.74) is 0.745. The summed E-state index contributed by atoms with van der Waals surface area (Å²) in [4.78, 5) is 14.6. The smallest absolute Gasteiger partial charge is 0.235 e. The van der Waals surface area contributed by atoms with Gasteiger partial charge in [-0.25, -0.2) is 4.79 Å². The van der Waals surface area contributed by atoms with E-state index in [0.717, 1.165) is 47.9 Å². The highest BCUT2D eigenvalue weighted by atomic mass is 79.9. The van der Waals surface area contributed by atoms with Crippen LogP contribution in [0.4, 0.5) is 0 Å². The van der Waals surface area contributed by atoms with E-state index in [1.54, 1.807) is 6.08 Å². The van der Waals surface area contributed by atoms with E-state index in [4.69, 9.17) is 4.74 Å². The summed E-state index contributed by atoms with van der Waals surface area (Å²) in [5.74, 6) is 0.887. The zero-order valence-electron chi connectivity index (χ0n) is 10.7. The Labute approximate surface area is 121 Å². The topological polar surface area (TPSA) is 38.7 Å². The molecule has 2 saturated carbocycles. The van der Waals surface area contributed by atoms with E-state index in [9.17, 15) is 4.79 Å². The number of rotatable bonds is 4. The van der Waals surface area contributed by atoms with Gasteiger partial charge in [-0.05, 0) is 72.2 Å². The first-order chi connectivity index (χ1) is 9.23. The van der Waals surface area contributed by atoms with Crippen LogP contribution in [0.1, 0.15) is 44.1 Å². The highest BCUT2D eigenvalue weighted by Crippen LogP contribution is 2.46. The molecule has 3 rings (SSSR count). The Morgan fingerprint density at radius 2 is 2.11 bits per heavy atom. The second kappa shape index (κ2) is 5.10. The van der Waals surface area contributed by atoms with Crippen LogP contribution >= 0.6 is 15.9 Å². The molecule has 0 heterocycles. The van der Waals surface area contributed by atoms with Crippen LogP contribution in [0.15, 0.2) is 27.7 Å². The van der Waals surface area contributed by atoms with Gasteiger partial charge < -0.3 is 4.74 Å². The maximum atomic E-state index is 10.6. The van der Waals surface area contributed by atoms with E-state index < -0.39 is 0 Å². The molecular formula is C15H16BrNO2. The number of carbonyl (C=O) groups excluding carboxylic acids is 1. The van der Waals surface area contributed by atoms with E-state index in [1.807, 2.05) is 18.2 Å². The Bertz CT molecular complexity index is 529. The van der Waals surface area contributed by atoms with Crippen LogP contribution in [0, 0.1) is 0 Å². The highest BCUT2D eigenvalue weighted by molar-refractivity contribution is 9.10. The van der Waals surface area contributed by atoms with Gasteiger partial charge >= 0.3 is 0 Å². The lowest BCUT2D eigenvalue weighted by molar-refractivity contribution is 0.119. The van der Waals surface area contributed by atoms with E-state index in [1.165, 1.54) is 6.42 Å². The molecule has 3 nitrogen and oxygen atoms in total. The van der Waals surface area contributed by atoms with Crippen LogP contribution in [0.2, 0.25) is 0 Å². The van der Waals surface area contributed by atoms with Gasteiger partial charge in [0.05, 0.1) is 16.1 Å². The van der Waals surface area contributed by atoms with Gasteiger partial charge in [0.1, 0.15) is 5.75 Å². The van der Waals surface area contributed by atoms with Crippen molar-refractivity contribution in [2.75, 3.05) is 0 Å². The minimum Gasteiger partial charge on any atom is -0.489 e. The lowest BCUT2D eigenvalue weighted by atomic mass is 9.72. The van der Waals surface area contributed by atoms with Crippen LogP contribution < -0.4 is 4.74 Å². The molecule has 100 valence electrons. The first-order valence-electron chi connectivity index (χ1n) is 6.79. The molecule has 0 aromatic heterocycles. The number of hydrogen-bond acceptors (Lipinski definition) is 3. The molecule has 1 aromatic rings. The summed E-state index contributed by atoms with van der Waals surface area (Å²) in [6.45, 7) is 0. The summed E-state index contributed by atoms with van der Waals surface area (Å²) >= 11 is 3.56. The van der Waals surface area contributed by atoms with E-state index >= 15 is 0 Å². The van der Waals surface area contributed by atoms with E-state index in [2.05, 4.69) is 20.9 Å². The van der Waals surface area contributed by atoms with Crippen LogP contribution in [-0.4, -0.2) is 12.2 Å². The number of benzene rings is 1. The molecule has 0 unspecified atom stereocenters. The molecule has 2 aliphatic carbocycles. The summed E-state index contributed by atoms with van der Waals surface area (Å²) in [6, 6.07) is 6.05. The monoisotopic (exact) mass is 321 g/mol. The zero-order chi connectivity index (χ0) is 13.3. The summed E-state index contributed by atoms with van der Waals surface area (Å²) in [5, 5.41) is 0. The molecule has 0 atom stereocenters. The predicted molar refractivity (Wildman–Crippen MR) is 76.1 cm³/mol. The number of hydrogen-bond donors (Lipinski definition) is 0. The largest absolute Gasteiger partial charge is 0.489 e. The van der Waals surface area contributed by atoms with Gasteiger partial charge in [0.15, 0.2) is 0 Å². The van der Waals surface area contributed by atoms with Crippen LogP contribution in [0.3, 0.4) is 0 Å². The van der Waals surface area contributed by atoms with Crippen molar-refractivity contribution in [1.82, 2.24) is 0 Å². The van der Waals surface area contributed by atoms with Crippen LogP contribution in [-0.2, 0) is 10.3 Å². The Hall–Kier alpha value is -1.12. The summed E-state index contributed by atoms with van der Waals surface area (Å²) in [7, 11) is 0. The number of ether oxygens (including phenoxy) is 1. The van der Waals surface area contributed by atoms with Gasteiger partial charge in [0.2, 0.25) is 6.08 Å². The lowest BCUT2D eigenvalue weighted by Crippen LogP contribution is -2.32. The fraction of sp³-hybridized carbons (Fsp3) is 0.533. The normalized spacial score (nSPS) is 20.9. The Kier molecular flexibility index (Phi) is 3.46. The maximum absolute atomic E-state index is 10.6. The third kappa shape index (κ3) is 2.35. The lowest BCUT2D eigenvalue weighted by Gasteiger charge is -2.37. The van der Waals surface area contributed by atoms with Gasteiger partial charge in [0.25, 0.3) is 0 Å². The molecule has 1 aromatic carbocycles. The molecule has 0 amide bonds. The van der Waals surface area contributed by atoms with Gasteiger partial charge in [-0.3, -0.25) is 0 Å². The number of aliphatic imine (C=N–C) groups is 1. The van der Waals surface area contributed by atoms with E-state index in [-0.39, 0.29) is 5.54 Å². The summed E-state index contributed by atoms with van der Waals surface area (Å²) in [6.07, 6.45) is 8.61. The molecule has 2 aliphatic rings. The van der Waals surface area contributed by atoms with Crippen molar-refractivity contribution < 1.29 is 9.53 Å². The predicted octanol–water partition coefficient (Wildman–Crippen LogP) is 4.10. The third-order valence-corrected chi connectivity index (χ3v) is 4.88. The standard InChI is InChI=1S/C15H16BrNO2/c16-13-9-11(15(17-10-18)7-2-8-15)5-6-14(13)19-12-3-1-4-12/h5-6,9,12H,1-4,7-8H2. The van der Waals surface area contributed by atoms with Crippen molar-refractivity contribution in [3.05, 3.63) is 28.2 Å². The third-order valence-electron chi connectivity index (χ3n) is 4.26. The SMILES string of the molecule is O=C=NC1(c2ccc(OC3CCC3)c(Br)c2)CCC1. The van der Waals surface area contributed by atoms with Crippen LogP contribution in [0.5, 0.6) is 5.75 Å². The Balaban J connectivity index is 1.83. The van der Waals surface area contributed by atoms with Gasteiger partial charge in [0, 0.05) is 0 Å². The first kappa shape index (κ1) is 12.9. The van der Waals surface area contributed by atoms with Crippen molar-refractivity contribution in [2.45, 2.75) is 50.2 Å². The number of halogens is 1. The maximum Gasteiger partial charge on any atom is 0.235 e. The average Bonchev–Trinajstić information content (AvgIpc) is 2.30. The molecule has 19 heavy (non-hydrogen) atoms. The molecule has 4 heteroatoms. The molecule has 0 N–H and O–H groups in total. The molecular weight excluding hydrogens is 306 g/mol. The van der Waals surface area contributed by atoms with Crippen molar-refractivity contribution in [2.24, 2.45) is 4.99 Å². The fourth-order valence-corrected chi connectivity index (χ4v) is 3.09. The van der Waals surface area contributed by atoms with Crippen molar-refractivity contribution in [1.29, 1.82) is 0 Å². The van der Waals surface area contributed by atoms with Gasteiger partial charge in [-0.1, -0.05) is 6.07 Å². The molecule has 0 spiro atoms. The molecule has 2 fully saturated rings. The van der Waals surface area contributed by atoms with Crippen molar-refractivity contribution in [3.8, 4) is 5.75 Å². The second-order valence-corrected chi connectivity index (χ2v) is 6.26. The van der Waals surface area contributed by atoms with Gasteiger partial charge in [-0.2, -0.15) is 4.99 Å². The molecule has 0 bridgehead atoms. The molecule has 0 radical (unpaired) electrons. The molecule has 0 aliphatic heterocycles. The summed E-state index contributed by atoms with van der Waals surface area (Å²) < 4.78 is 6.85. The minimum absolute atomic E-state index is 0.334. The Morgan fingerprint density at radius 3 is 2.58 bits per heavy atom. The number of isocyanates is 1. The average molecular weight is 322 g/mol. The quantitative estimate of drug-likeness (QED) is 0.618. The zero-order valence-corrected chi connectivity index (χ0v) is 12.3. The minimum atomic E-state index is -0.334. The number of nitrogens with zero attached hydrogens (tertiary/aromatic N) is 1. The highest BCUT2D eigenvalue weighted by Gasteiger charge is 2.39. The Morgan fingerprint density at radius 1 is 1.32 bits per heavy atom.